The first-order valence-corrected chi connectivity index (χ1v) is 11.0. The average Bonchev–Trinajstić information content (AvgIpc) is 3.12. The number of benzene rings is 3. The van der Waals surface area contributed by atoms with Crippen molar-refractivity contribution in [3.05, 3.63) is 83.4 Å². The van der Waals surface area contributed by atoms with Crippen molar-refractivity contribution in [1.82, 2.24) is 9.71 Å². The summed E-state index contributed by atoms with van der Waals surface area (Å²) in [6.45, 7) is 4.01. The molecule has 4 rings (SSSR count). The molecule has 0 radical (unpaired) electrons. The van der Waals surface area contributed by atoms with E-state index in [1.165, 1.54) is 5.56 Å². The number of aryl methyl sites for hydroxylation is 2. The summed E-state index contributed by atoms with van der Waals surface area (Å²) in [4.78, 5) is 16.8. The van der Waals surface area contributed by atoms with Gasteiger partial charge in [0.25, 0.3) is 5.91 Å². The first kappa shape index (κ1) is 19.3. The highest BCUT2D eigenvalue weighted by atomic mass is 32.2. The number of hydrogen-bond acceptors (Lipinski definition) is 4. The summed E-state index contributed by atoms with van der Waals surface area (Å²) in [6.07, 6.45) is 0. The van der Waals surface area contributed by atoms with Crippen molar-refractivity contribution in [2.24, 2.45) is 0 Å². The van der Waals surface area contributed by atoms with Crippen LogP contribution in [0.15, 0.2) is 66.7 Å². The van der Waals surface area contributed by atoms with E-state index in [2.05, 4.69) is 33.5 Å². The number of amides is 1. The van der Waals surface area contributed by atoms with E-state index in [4.69, 9.17) is 0 Å². The van der Waals surface area contributed by atoms with Crippen LogP contribution in [0.1, 0.15) is 21.5 Å². The first-order valence-electron chi connectivity index (χ1n) is 9.02. The fourth-order valence-electron chi connectivity index (χ4n) is 2.82. The van der Waals surface area contributed by atoms with Crippen molar-refractivity contribution in [1.29, 1.82) is 0 Å². The molecule has 3 aromatic carbocycles. The van der Waals surface area contributed by atoms with Crippen molar-refractivity contribution in [2.45, 2.75) is 13.8 Å². The van der Waals surface area contributed by atoms with Crippen LogP contribution >= 0.6 is 11.3 Å². The fourth-order valence-corrected chi connectivity index (χ4v) is 4.57. The summed E-state index contributed by atoms with van der Waals surface area (Å²) < 4.78 is 18.6. The van der Waals surface area contributed by atoms with E-state index in [1.807, 2.05) is 49.4 Å². The predicted octanol–water partition coefficient (Wildman–Crippen LogP) is 5.00. The fraction of sp³-hybridized carbons (Fsp3) is 0.0909. The minimum absolute atomic E-state index is 0.391. The lowest BCUT2D eigenvalue weighted by Gasteiger charge is -2.08. The maximum atomic E-state index is 12.2. The molecule has 0 spiro atoms. The number of hydrogen-bond donors (Lipinski definition) is 2. The van der Waals surface area contributed by atoms with Crippen LogP contribution in [0.2, 0.25) is 0 Å². The normalized spacial score (nSPS) is 11.9. The van der Waals surface area contributed by atoms with Gasteiger partial charge in [0.15, 0.2) is 0 Å². The largest absolute Gasteiger partial charge is 0.288 e. The summed E-state index contributed by atoms with van der Waals surface area (Å²) in [5.41, 5.74) is 5.36. The topological polar surface area (TPSA) is 71.1 Å². The zero-order valence-electron chi connectivity index (χ0n) is 15.9. The quantitative estimate of drug-likeness (QED) is 0.476. The zero-order chi connectivity index (χ0) is 20.4. The highest BCUT2D eigenvalue weighted by Gasteiger charge is 2.10. The minimum Gasteiger partial charge on any atom is -0.288 e. The monoisotopic (exact) mass is 421 g/mol. The molecule has 7 heteroatoms. The van der Waals surface area contributed by atoms with Crippen molar-refractivity contribution in [3.8, 4) is 10.6 Å². The van der Waals surface area contributed by atoms with Crippen LogP contribution in [-0.2, 0) is 11.2 Å². The lowest BCUT2D eigenvalue weighted by molar-refractivity contribution is 0.0983. The van der Waals surface area contributed by atoms with Crippen molar-refractivity contribution < 1.29 is 9.00 Å². The Morgan fingerprint density at radius 1 is 0.931 bits per heavy atom. The van der Waals surface area contributed by atoms with Gasteiger partial charge >= 0.3 is 0 Å². The van der Waals surface area contributed by atoms with Gasteiger partial charge in [0.05, 0.1) is 10.2 Å². The standard InChI is InChI=1S/C22H19N3O2S2/c1-14-3-6-16(7-4-14)21(26)25-29(27)24-18-10-8-17(9-11-18)22-23-19-12-5-15(2)13-20(19)28-22/h3-13,24H,1-2H3,(H,25,26)/t29-/m0/s1. The van der Waals surface area contributed by atoms with Gasteiger partial charge in [0, 0.05) is 16.8 Å². The molecule has 0 aliphatic heterocycles. The van der Waals surface area contributed by atoms with Gasteiger partial charge in [-0.2, -0.15) is 0 Å². The number of nitrogens with one attached hydrogen (secondary N) is 2. The van der Waals surface area contributed by atoms with Gasteiger partial charge in [0.2, 0.25) is 11.2 Å². The van der Waals surface area contributed by atoms with E-state index in [-0.39, 0.29) is 0 Å². The molecule has 0 aliphatic carbocycles. The predicted molar refractivity (Wildman–Crippen MR) is 120 cm³/mol. The average molecular weight is 422 g/mol. The van der Waals surface area contributed by atoms with Gasteiger partial charge < -0.3 is 0 Å². The highest BCUT2D eigenvalue weighted by molar-refractivity contribution is 7.85. The van der Waals surface area contributed by atoms with Crippen molar-refractivity contribution >= 4 is 44.3 Å². The summed E-state index contributed by atoms with van der Waals surface area (Å²) in [7, 11) is 0. The molecule has 1 aromatic heterocycles. The number of nitrogens with zero attached hydrogens (tertiary/aromatic N) is 1. The smallest absolute Gasteiger partial charge is 0.264 e. The second kappa shape index (κ2) is 8.14. The molecule has 0 saturated carbocycles. The molecule has 0 fully saturated rings. The molecule has 0 saturated heterocycles. The maximum absolute atomic E-state index is 12.2. The van der Waals surface area contributed by atoms with E-state index in [0.29, 0.717) is 11.3 Å². The summed E-state index contributed by atoms with van der Waals surface area (Å²) in [5.74, 6) is -0.391. The molecule has 1 heterocycles. The van der Waals surface area contributed by atoms with Crippen LogP contribution in [0.25, 0.3) is 20.8 Å². The zero-order valence-corrected chi connectivity index (χ0v) is 17.6. The second-order valence-corrected chi connectivity index (χ2v) is 8.71. The molecule has 5 nitrogen and oxygen atoms in total. The van der Waals surface area contributed by atoms with E-state index in [9.17, 15) is 9.00 Å². The van der Waals surface area contributed by atoms with Crippen LogP contribution in [0, 0.1) is 13.8 Å². The van der Waals surface area contributed by atoms with Crippen LogP contribution in [-0.4, -0.2) is 15.1 Å². The Balaban J connectivity index is 1.42. The number of carbonyl (C=O) groups is 1. The Morgan fingerprint density at radius 2 is 1.62 bits per heavy atom. The van der Waals surface area contributed by atoms with Gasteiger partial charge in [-0.15, -0.1) is 11.3 Å². The van der Waals surface area contributed by atoms with Crippen LogP contribution in [0.4, 0.5) is 5.69 Å². The molecular formula is C22H19N3O2S2. The molecule has 4 aromatic rings. The lowest BCUT2D eigenvalue weighted by atomic mass is 10.1. The van der Waals surface area contributed by atoms with E-state index >= 15 is 0 Å². The Morgan fingerprint density at radius 3 is 2.34 bits per heavy atom. The molecule has 1 amide bonds. The van der Waals surface area contributed by atoms with Crippen molar-refractivity contribution in [2.75, 3.05) is 4.72 Å². The molecule has 1 atom stereocenters. The van der Waals surface area contributed by atoms with Gasteiger partial charge in [-0.1, -0.05) is 23.8 Å². The number of thiazole rings is 1. The van der Waals surface area contributed by atoms with Gasteiger partial charge in [-0.3, -0.25) is 14.2 Å². The van der Waals surface area contributed by atoms with Crippen LogP contribution < -0.4 is 9.44 Å². The molecule has 0 aliphatic rings. The number of carbonyl (C=O) groups excluding carboxylic acids is 1. The SMILES string of the molecule is Cc1ccc(C(=O)N[S@@](=O)Nc2ccc(-c3nc4ccc(C)cc4s3)cc2)cc1. The van der Waals surface area contributed by atoms with Gasteiger partial charge in [0.1, 0.15) is 5.01 Å². The molecule has 146 valence electrons. The second-order valence-electron chi connectivity index (χ2n) is 6.74. The third-order valence-electron chi connectivity index (χ3n) is 4.39. The van der Waals surface area contributed by atoms with E-state index in [0.717, 1.165) is 26.4 Å². The Hall–Kier alpha value is -3.03. The summed E-state index contributed by atoms with van der Waals surface area (Å²) in [5, 5.41) is 0.936. The molecule has 2 N–H and O–H groups in total. The number of rotatable bonds is 5. The number of fused-ring (bicyclic) bond motifs is 1. The van der Waals surface area contributed by atoms with E-state index < -0.39 is 17.1 Å². The maximum Gasteiger partial charge on any atom is 0.264 e. The summed E-state index contributed by atoms with van der Waals surface area (Å²) in [6, 6.07) is 20.8. The molecule has 0 unspecified atom stereocenters. The minimum atomic E-state index is -1.74. The Labute approximate surface area is 175 Å². The van der Waals surface area contributed by atoms with Gasteiger partial charge in [-0.25, -0.2) is 9.19 Å². The summed E-state index contributed by atoms with van der Waals surface area (Å²) >= 11 is -0.0929. The highest BCUT2D eigenvalue weighted by Crippen LogP contribution is 2.31. The third kappa shape index (κ3) is 4.52. The first-order chi connectivity index (χ1) is 14.0. The van der Waals surface area contributed by atoms with Crippen molar-refractivity contribution in [3.63, 3.8) is 0 Å². The lowest BCUT2D eigenvalue weighted by Crippen LogP contribution is -2.29. The molecule has 0 bridgehead atoms. The number of aromatic nitrogens is 1. The Kier molecular flexibility index (Phi) is 5.42. The third-order valence-corrected chi connectivity index (χ3v) is 6.24. The van der Waals surface area contributed by atoms with Crippen LogP contribution in [0.3, 0.4) is 0 Å². The van der Waals surface area contributed by atoms with E-state index in [1.54, 1.807) is 23.5 Å². The van der Waals surface area contributed by atoms with Crippen LogP contribution in [0.5, 0.6) is 0 Å². The van der Waals surface area contributed by atoms with Gasteiger partial charge in [-0.05, 0) is 67.9 Å². The Bertz CT molecular complexity index is 1200. The molecular weight excluding hydrogens is 402 g/mol. The number of anilines is 1. The molecule has 29 heavy (non-hydrogen) atoms.